The molecule has 0 aliphatic heterocycles. The van der Waals surface area contributed by atoms with Gasteiger partial charge in [0, 0.05) is 23.2 Å². The number of amides is 1. The van der Waals surface area contributed by atoms with E-state index in [-0.39, 0.29) is 30.9 Å². The molecule has 0 saturated heterocycles. The molecular formula is C18H16F3N3O3. The molecule has 2 rings (SSSR count). The average Bonchev–Trinajstić information content (AvgIpc) is 2.57. The monoisotopic (exact) mass is 379 g/mol. The van der Waals surface area contributed by atoms with Crippen LogP contribution in [0.1, 0.15) is 28.8 Å². The van der Waals surface area contributed by atoms with Crippen molar-refractivity contribution in [1.29, 1.82) is 0 Å². The summed E-state index contributed by atoms with van der Waals surface area (Å²) in [6.45, 7) is 1.51. The van der Waals surface area contributed by atoms with E-state index in [0.29, 0.717) is 11.3 Å². The van der Waals surface area contributed by atoms with Crippen LogP contribution in [-0.4, -0.2) is 22.4 Å². The van der Waals surface area contributed by atoms with Gasteiger partial charge in [0.05, 0.1) is 12.1 Å². The van der Waals surface area contributed by atoms with E-state index in [4.69, 9.17) is 0 Å². The third-order valence-corrected chi connectivity index (χ3v) is 3.65. The Kier molecular flexibility index (Phi) is 6.23. The number of H-pyrrole nitrogens is 2. The molecule has 9 heteroatoms. The number of aryl methyl sites for hydroxylation is 1. The predicted octanol–water partition coefficient (Wildman–Crippen LogP) is 1.49. The van der Waals surface area contributed by atoms with Crippen molar-refractivity contribution in [3.63, 3.8) is 0 Å². The fraction of sp³-hybridized carbons (Fsp3) is 0.278. The second-order valence-corrected chi connectivity index (χ2v) is 5.67. The van der Waals surface area contributed by atoms with Crippen LogP contribution in [0.5, 0.6) is 0 Å². The maximum absolute atomic E-state index is 12.6. The van der Waals surface area contributed by atoms with E-state index < -0.39 is 23.0 Å². The number of hydrogen-bond acceptors (Lipinski definition) is 3. The van der Waals surface area contributed by atoms with Crippen LogP contribution in [0, 0.1) is 18.8 Å². The summed E-state index contributed by atoms with van der Waals surface area (Å²) >= 11 is 0. The van der Waals surface area contributed by atoms with Crippen LogP contribution < -0.4 is 16.6 Å². The molecule has 1 aromatic heterocycles. The van der Waals surface area contributed by atoms with Crippen molar-refractivity contribution < 1.29 is 18.0 Å². The highest BCUT2D eigenvalue weighted by molar-refractivity contribution is 5.76. The first kappa shape index (κ1) is 20.0. The Hall–Kier alpha value is -3.28. The number of aromatic amines is 2. The van der Waals surface area contributed by atoms with Crippen LogP contribution in [0.25, 0.3) is 0 Å². The predicted molar refractivity (Wildman–Crippen MR) is 92.1 cm³/mol. The zero-order valence-corrected chi connectivity index (χ0v) is 14.3. The third kappa shape index (κ3) is 5.88. The van der Waals surface area contributed by atoms with Gasteiger partial charge in [-0.3, -0.25) is 14.6 Å². The van der Waals surface area contributed by atoms with Gasteiger partial charge in [-0.05, 0) is 31.5 Å². The molecule has 0 unspecified atom stereocenters. The van der Waals surface area contributed by atoms with E-state index in [1.165, 1.54) is 12.1 Å². The molecule has 142 valence electrons. The minimum absolute atomic E-state index is 0.00119. The maximum Gasteiger partial charge on any atom is 0.416 e. The zero-order valence-electron chi connectivity index (χ0n) is 14.3. The molecule has 0 bridgehead atoms. The SMILES string of the molecule is Cc1[nH]c(=O)[nH]c(=O)c1CCC(=O)NCC#Cc1cccc(C(F)(F)F)c1. The Bertz CT molecular complexity index is 1010. The fourth-order valence-corrected chi connectivity index (χ4v) is 2.32. The summed E-state index contributed by atoms with van der Waals surface area (Å²) in [5, 5.41) is 2.50. The molecule has 0 radical (unpaired) electrons. The number of aromatic nitrogens is 2. The number of nitrogens with one attached hydrogen (secondary N) is 3. The highest BCUT2D eigenvalue weighted by Gasteiger charge is 2.30. The largest absolute Gasteiger partial charge is 0.416 e. The normalized spacial score (nSPS) is 10.8. The first-order chi connectivity index (χ1) is 12.7. The van der Waals surface area contributed by atoms with Gasteiger partial charge in [-0.1, -0.05) is 17.9 Å². The van der Waals surface area contributed by atoms with Gasteiger partial charge in [-0.15, -0.1) is 0 Å². The lowest BCUT2D eigenvalue weighted by Gasteiger charge is -2.06. The first-order valence-electron chi connectivity index (χ1n) is 7.91. The molecule has 0 atom stereocenters. The second-order valence-electron chi connectivity index (χ2n) is 5.67. The molecule has 6 nitrogen and oxygen atoms in total. The Morgan fingerprint density at radius 1 is 1.22 bits per heavy atom. The Labute approximate surface area is 151 Å². The molecule has 0 aliphatic carbocycles. The number of hydrogen-bond donors (Lipinski definition) is 3. The topological polar surface area (TPSA) is 94.8 Å². The molecule has 27 heavy (non-hydrogen) atoms. The smallest absolute Gasteiger partial charge is 0.345 e. The van der Waals surface area contributed by atoms with Crippen molar-refractivity contribution >= 4 is 5.91 Å². The summed E-state index contributed by atoms with van der Waals surface area (Å²) in [5.74, 6) is 4.75. The van der Waals surface area contributed by atoms with Crippen LogP contribution in [0.15, 0.2) is 33.9 Å². The summed E-state index contributed by atoms with van der Waals surface area (Å²) in [6.07, 6.45) is -4.31. The van der Waals surface area contributed by atoms with Crippen molar-refractivity contribution in [3.05, 3.63) is 67.5 Å². The van der Waals surface area contributed by atoms with E-state index in [2.05, 4.69) is 27.1 Å². The van der Waals surface area contributed by atoms with Crippen molar-refractivity contribution in [1.82, 2.24) is 15.3 Å². The highest BCUT2D eigenvalue weighted by Crippen LogP contribution is 2.29. The summed E-state index contributed by atoms with van der Waals surface area (Å²) in [4.78, 5) is 39.1. The van der Waals surface area contributed by atoms with Crippen LogP contribution in [0.4, 0.5) is 13.2 Å². The number of carbonyl (C=O) groups is 1. The van der Waals surface area contributed by atoms with Gasteiger partial charge in [-0.25, -0.2) is 4.79 Å². The molecule has 1 heterocycles. The van der Waals surface area contributed by atoms with Gasteiger partial charge in [0.1, 0.15) is 0 Å². The molecule has 0 spiro atoms. The molecule has 0 saturated carbocycles. The van der Waals surface area contributed by atoms with Crippen molar-refractivity contribution in [2.24, 2.45) is 0 Å². The Morgan fingerprint density at radius 3 is 2.63 bits per heavy atom. The van der Waals surface area contributed by atoms with Crippen LogP contribution in [-0.2, 0) is 17.4 Å². The van der Waals surface area contributed by atoms with E-state index in [1.807, 2.05) is 0 Å². The molecular weight excluding hydrogens is 363 g/mol. The van der Waals surface area contributed by atoms with Crippen LogP contribution in [0.2, 0.25) is 0 Å². The van der Waals surface area contributed by atoms with Gasteiger partial charge in [-0.2, -0.15) is 13.2 Å². The van der Waals surface area contributed by atoms with E-state index >= 15 is 0 Å². The maximum atomic E-state index is 12.6. The lowest BCUT2D eigenvalue weighted by atomic mass is 10.1. The van der Waals surface area contributed by atoms with Gasteiger partial charge in [0.2, 0.25) is 5.91 Å². The average molecular weight is 379 g/mol. The number of halogens is 3. The number of benzene rings is 1. The standard InChI is InChI=1S/C18H16F3N3O3/c1-11-14(16(26)24-17(27)23-11)7-8-15(25)22-9-3-5-12-4-2-6-13(10-12)18(19,20)21/h2,4,6,10H,7-9H2,1H3,(H,22,25)(H2,23,24,26,27). The molecule has 2 aromatic rings. The molecule has 0 aliphatic rings. The van der Waals surface area contributed by atoms with E-state index in [9.17, 15) is 27.6 Å². The first-order valence-corrected chi connectivity index (χ1v) is 7.91. The molecule has 1 aromatic carbocycles. The third-order valence-electron chi connectivity index (χ3n) is 3.65. The Balaban J connectivity index is 1.88. The quantitative estimate of drug-likeness (QED) is 0.703. The van der Waals surface area contributed by atoms with Crippen molar-refractivity contribution in [2.45, 2.75) is 25.9 Å². The van der Waals surface area contributed by atoms with Gasteiger partial charge >= 0.3 is 11.9 Å². The summed E-state index contributed by atoms with van der Waals surface area (Å²) in [5.41, 5.74) is -1.07. The lowest BCUT2D eigenvalue weighted by molar-refractivity contribution is -0.137. The Morgan fingerprint density at radius 2 is 1.96 bits per heavy atom. The minimum atomic E-state index is -4.44. The minimum Gasteiger partial charge on any atom is -0.345 e. The highest BCUT2D eigenvalue weighted by atomic mass is 19.4. The zero-order chi connectivity index (χ0) is 20.0. The van der Waals surface area contributed by atoms with Crippen molar-refractivity contribution in [3.8, 4) is 11.8 Å². The molecule has 0 fully saturated rings. The number of rotatable bonds is 4. The van der Waals surface area contributed by atoms with Gasteiger partial charge < -0.3 is 10.3 Å². The molecule has 1 amide bonds. The summed E-state index contributed by atoms with van der Waals surface area (Å²) in [6, 6.07) is 4.58. The summed E-state index contributed by atoms with van der Waals surface area (Å²) < 4.78 is 37.8. The van der Waals surface area contributed by atoms with Crippen molar-refractivity contribution in [2.75, 3.05) is 6.54 Å². The number of alkyl halides is 3. The fourth-order valence-electron chi connectivity index (χ4n) is 2.32. The van der Waals surface area contributed by atoms with Gasteiger partial charge in [0.15, 0.2) is 0 Å². The van der Waals surface area contributed by atoms with Crippen LogP contribution in [0.3, 0.4) is 0 Å². The van der Waals surface area contributed by atoms with E-state index in [1.54, 1.807) is 6.92 Å². The number of carbonyl (C=O) groups excluding carboxylic acids is 1. The van der Waals surface area contributed by atoms with Crippen LogP contribution >= 0.6 is 0 Å². The lowest BCUT2D eigenvalue weighted by Crippen LogP contribution is -2.29. The molecule has 3 N–H and O–H groups in total. The van der Waals surface area contributed by atoms with Gasteiger partial charge in [0.25, 0.3) is 5.56 Å². The second kappa shape index (κ2) is 8.40. The summed E-state index contributed by atoms with van der Waals surface area (Å²) in [7, 11) is 0. The van der Waals surface area contributed by atoms with E-state index in [0.717, 1.165) is 12.1 Å².